The first-order chi connectivity index (χ1) is 9.09. The van der Waals surface area contributed by atoms with Crippen molar-refractivity contribution in [1.82, 2.24) is 5.32 Å². The number of carbonyl (C=O) groups excluding carboxylic acids is 1. The Hall–Kier alpha value is -0.500. The molecule has 0 aromatic rings. The van der Waals surface area contributed by atoms with Crippen LogP contribution < -0.4 is 5.32 Å². The van der Waals surface area contributed by atoms with E-state index in [1.807, 2.05) is 13.8 Å². The monoisotopic (exact) mass is 303 g/mol. The molecule has 1 heterocycles. The van der Waals surface area contributed by atoms with Crippen molar-refractivity contribution in [1.29, 1.82) is 0 Å². The average Bonchev–Trinajstić information content (AvgIpc) is 2.57. The molecule has 3 fully saturated rings. The number of β-amino-alcohol motifs (C(OH)–C–C–N with tert-alkyl or cyclic N) is 1. The van der Waals surface area contributed by atoms with Gasteiger partial charge in [0.2, 0.25) is 0 Å². The molecule has 20 heavy (non-hydrogen) atoms. The summed E-state index contributed by atoms with van der Waals surface area (Å²) in [5.74, 6) is -0.717. The van der Waals surface area contributed by atoms with Crippen LogP contribution in [0.5, 0.6) is 0 Å². The van der Waals surface area contributed by atoms with Crippen molar-refractivity contribution in [3.63, 3.8) is 0 Å². The molecule has 1 saturated heterocycles. The van der Waals surface area contributed by atoms with Crippen molar-refractivity contribution in [3.05, 3.63) is 0 Å². The number of rotatable bonds is 3. The maximum absolute atomic E-state index is 12.5. The molecule has 0 aromatic carbocycles. The van der Waals surface area contributed by atoms with Gasteiger partial charge in [-0.1, -0.05) is 13.8 Å². The van der Waals surface area contributed by atoms with Crippen molar-refractivity contribution >= 4 is 15.9 Å². The van der Waals surface area contributed by atoms with Gasteiger partial charge in [-0.15, -0.1) is 0 Å². The number of Topliss-reactive ketones (excluding diaryl/α,β-unsaturated/α-hetero) is 1. The van der Waals surface area contributed by atoms with E-state index in [2.05, 4.69) is 5.32 Å². The Morgan fingerprint density at radius 1 is 1.40 bits per heavy atom. The van der Waals surface area contributed by atoms with E-state index in [-0.39, 0.29) is 23.7 Å². The van der Waals surface area contributed by atoms with Gasteiger partial charge in [-0.05, 0) is 23.7 Å². The summed E-state index contributed by atoms with van der Waals surface area (Å²) in [6, 6.07) is -0.245. The molecular formula is C13H21NO5S. The molecule has 0 spiro atoms. The molecule has 2 aliphatic carbocycles. The Bertz CT molecular complexity index is 557. The number of aliphatic hydroxyl groups excluding tert-OH is 1. The zero-order chi connectivity index (χ0) is 14.9. The molecule has 3 rings (SSSR count). The molecule has 2 bridgehead atoms. The van der Waals surface area contributed by atoms with Gasteiger partial charge in [0, 0.05) is 19.0 Å². The van der Waals surface area contributed by atoms with Gasteiger partial charge in [0.15, 0.2) is 0 Å². The Morgan fingerprint density at radius 3 is 2.45 bits per heavy atom. The number of hydrogen-bond donors (Lipinski definition) is 3. The maximum Gasteiger partial charge on any atom is 0.265 e. The van der Waals surface area contributed by atoms with Crippen LogP contribution in [0.15, 0.2) is 0 Å². The largest absolute Gasteiger partial charge is 0.390 e. The first kappa shape index (κ1) is 14.4. The van der Waals surface area contributed by atoms with E-state index in [9.17, 15) is 22.9 Å². The zero-order valence-corrected chi connectivity index (χ0v) is 12.5. The number of nitrogens with one attached hydrogen (secondary N) is 1. The molecule has 3 aliphatic rings. The van der Waals surface area contributed by atoms with E-state index in [1.165, 1.54) is 0 Å². The summed E-state index contributed by atoms with van der Waals surface area (Å²) >= 11 is 0. The van der Waals surface area contributed by atoms with Crippen LogP contribution in [-0.4, -0.2) is 48.3 Å². The van der Waals surface area contributed by atoms with E-state index in [4.69, 9.17) is 0 Å². The number of carbonyl (C=O) groups is 1. The normalized spacial score (nSPS) is 46.5. The van der Waals surface area contributed by atoms with Crippen molar-refractivity contribution in [2.24, 2.45) is 22.7 Å². The van der Waals surface area contributed by atoms with Gasteiger partial charge in [0.25, 0.3) is 10.1 Å². The average molecular weight is 303 g/mol. The fourth-order valence-electron chi connectivity index (χ4n) is 4.84. The van der Waals surface area contributed by atoms with Gasteiger partial charge >= 0.3 is 0 Å². The van der Waals surface area contributed by atoms with Crippen LogP contribution in [-0.2, 0) is 14.9 Å². The third-order valence-corrected chi connectivity index (χ3v) is 6.91. The minimum absolute atomic E-state index is 0.0812. The fraction of sp³-hybridized carbons (Fsp3) is 0.923. The van der Waals surface area contributed by atoms with Gasteiger partial charge in [-0.2, -0.15) is 8.42 Å². The lowest BCUT2D eigenvalue weighted by Crippen LogP contribution is -2.65. The van der Waals surface area contributed by atoms with E-state index >= 15 is 0 Å². The minimum atomic E-state index is -4.25. The number of aliphatic hydroxyl groups is 1. The molecule has 0 aromatic heterocycles. The van der Waals surface area contributed by atoms with E-state index in [1.54, 1.807) is 0 Å². The quantitative estimate of drug-likeness (QED) is 0.625. The van der Waals surface area contributed by atoms with Gasteiger partial charge < -0.3 is 10.4 Å². The molecule has 114 valence electrons. The first-order valence-corrected chi connectivity index (χ1v) is 8.60. The number of fused-ring (bicyclic) bond motifs is 2. The molecule has 0 amide bonds. The third kappa shape index (κ3) is 1.66. The smallest absolute Gasteiger partial charge is 0.265 e. The Labute approximate surface area is 118 Å². The van der Waals surface area contributed by atoms with Crippen LogP contribution in [0.25, 0.3) is 0 Å². The molecule has 3 unspecified atom stereocenters. The molecule has 0 radical (unpaired) electrons. The second-order valence-corrected chi connectivity index (χ2v) is 8.54. The molecule has 5 atom stereocenters. The summed E-state index contributed by atoms with van der Waals surface area (Å²) in [4.78, 5) is 12.5. The van der Waals surface area contributed by atoms with Gasteiger partial charge in [-0.3, -0.25) is 9.35 Å². The highest BCUT2D eigenvalue weighted by Gasteiger charge is 2.72. The lowest BCUT2D eigenvalue weighted by atomic mass is 9.62. The van der Waals surface area contributed by atoms with Gasteiger partial charge in [0.1, 0.15) is 5.78 Å². The molecule has 1 aliphatic heterocycles. The number of hydrogen-bond acceptors (Lipinski definition) is 5. The van der Waals surface area contributed by atoms with Crippen LogP contribution in [0.1, 0.15) is 26.7 Å². The molecule has 7 heteroatoms. The minimum Gasteiger partial charge on any atom is -0.390 e. The zero-order valence-electron chi connectivity index (χ0n) is 11.7. The van der Waals surface area contributed by atoms with E-state index in [0.717, 1.165) is 6.42 Å². The van der Waals surface area contributed by atoms with Crippen molar-refractivity contribution in [2.75, 3.05) is 12.3 Å². The second kappa shape index (κ2) is 4.03. The lowest BCUT2D eigenvalue weighted by Gasteiger charge is -2.48. The topological polar surface area (TPSA) is 104 Å². The van der Waals surface area contributed by atoms with Crippen LogP contribution in [0.3, 0.4) is 0 Å². The van der Waals surface area contributed by atoms with Crippen molar-refractivity contribution in [2.45, 2.75) is 38.8 Å². The SMILES string of the molecule is CC1(C)C2CC(=O)C1(CS(=O)(=O)O)C([C@@H]1NC[C@H]1O)C2. The predicted molar refractivity (Wildman–Crippen MR) is 71.6 cm³/mol. The Morgan fingerprint density at radius 2 is 2.05 bits per heavy atom. The molecule has 2 saturated carbocycles. The van der Waals surface area contributed by atoms with E-state index < -0.39 is 32.8 Å². The summed E-state index contributed by atoms with van der Waals surface area (Å²) in [5.41, 5.74) is -1.55. The fourth-order valence-corrected chi connectivity index (χ4v) is 6.16. The summed E-state index contributed by atoms with van der Waals surface area (Å²) in [5, 5.41) is 13.0. The lowest BCUT2D eigenvalue weighted by molar-refractivity contribution is -0.134. The summed E-state index contributed by atoms with van der Waals surface area (Å²) in [7, 11) is -4.25. The highest BCUT2D eigenvalue weighted by Crippen LogP contribution is 2.68. The Kier molecular flexibility index (Phi) is 2.91. The number of ketones is 1. The highest BCUT2D eigenvalue weighted by molar-refractivity contribution is 7.85. The molecule has 6 nitrogen and oxygen atoms in total. The van der Waals surface area contributed by atoms with Crippen molar-refractivity contribution in [3.8, 4) is 0 Å². The first-order valence-electron chi connectivity index (χ1n) is 6.99. The maximum atomic E-state index is 12.5. The van der Waals surface area contributed by atoms with Crippen LogP contribution in [0, 0.1) is 22.7 Å². The van der Waals surface area contributed by atoms with Crippen molar-refractivity contribution < 1.29 is 22.9 Å². The molecular weight excluding hydrogens is 282 g/mol. The second-order valence-electron chi connectivity index (χ2n) is 7.09. The summed E-state index contributed by atoms with van der Waals surface area (Å²) in [6.07, 6.45) is 0.561. The van der Waals surface area contributed by atoms with Gasteiger partial charge in [0.05, 0.1) is 17.3 Å². The highest BCUT2D eigenvalue weighted by atomic mass is 32.2. The van der Waals surface area contributed by atoms with Crippen LogP contribution in [0.4, 0.5) is 0 Å². The summed E-state index contributed by atoms with van der Waals surface area (Å²) in [6.45, 7) is 4.31. The molecule has 3 N–H and O–H groups in total. The predicted octanol–water partition coefficient (Wildman–Crippen LogP) is -0.172. The van der Waals surface area contributed by atoms with Crippen LogP contribution in [0.2, 0.25) is 0 Å². The van der Waals surface area contributed by atoms with Crippen LogP contribution >= 0.6 is 0 Å². The standard InChI is InChI=1S/C13H21NO5S/c1-12(2)7-3-8(11-9(15)5-14-11)13(12,10(16)4-7)6-20(17,18)19/h7-9,11,14-15H,3-6H2,1-2H3,(H,17,18,19)/t7?,8?,9-,11+,13?/m1/s1. The third-order valence-electron chi connectivity index (χ3n) is 6.09. The van der Waals surface area contributed by atoms with E-state index in [0.29, 0.717) is 13.0 Å². The van der Waals surface area contributed by atoms with Gasteiger partial charge in [-0.25, -0.2) is 0 Å². The summed E-state index contributed by atoms with van der Waals surface area (Å²) < 4.78 is 32.3. The Balaban J connectivity index is 2.07.